The number of hydrogen-bond donors (Lipinski definition) is 1. The molecule has 2 heterocycles. The Morgan fingerprint density at radius 3 is 2.61 bits per heavy atom. The van der Waals surface area contributed by atoms with Crippen molar-refractivity contribution in [2.24, 2.45) is 0 Å². The number of imidazole rings is 1. The van der Waals surface area contributed by atoms with Crippen molar-refractivity contribution < 1.29 is 4.79 Å². The summed E-state index contributed by atoms with van der Waals surface area (Å²) in [6.45, 7) is 2.80. The monoisotopic (exact) mass is 389 g/mol. The van der Waals surface area contributed by atoms with Crippen molar-refractivity contribution in [2.45, 2.75) is 26.2 Å². The van der Waals surface area contributed by atoms with Crippen LogP contribution >= 0.6 is 11.3 Å². The zero-order valence-corrected chi connectivity index (χ0v) is 16.7. The Bertz CT molecular complexity index is 1060. The van der Waals surface area contributed by atoms with Gasteiger partial charge in [-0.05, 0) is 24.0 Å². The van der Waals surface area contributed by atoms with E-state index in [1.165, 1.54) is 11.1 Å². The molecule has 1 N–H and O–H groups in total. The van der Waals surface area contributed by atoms with Gasteiger partial charge in [-0.3, -0.25) is 9.20 Å². The van der Waals surface area contributed by atoms with Crippen molar-refractivity contribution in [2.75, 3.05) is 6.54 Å². The quantitative estimate of drug-likeness (QED) is 0.505. The molecule has 0 aliphatic heterocycles. The maximum atomic E-state index is 12.4. The van der Waals surface area contributed by atoms with Crippen molar-refractivity contribution in [1.29, 1.82) is 0 Å². The molecule has 0 unspecified atom stereocenters. The zero-order valence-electron chi connectivity index (χ0n) is 15.9. The SMILES string of the molecule is CCc1ccc(-c2cn3c(CC(=O)NCCc4ccccc4)csc3n2)cc1. The molecule has 0 fully saturated rings. The molecule has 0 spiro atoms. The lowest BCUT2D eigenvalue weighted by molar-refractivity contribution is -0.120. The Labute approximate surface area is 168 Å². The summed E-state index contributed by atoms with van der Waals surface area (Å²) in [7, 11) is 0. The molecule has 5 heteroatoms. The summed E-state index contributed by atoms with van der Waals surface area (Å²) in [6, 6.07) is 18.7. The van der Waals surface area contributed by atoms with Gasteiger partial charge in [-0.2, -0.15) is 0 Å². The van der Waals surface area contributed by atoms with Crippen molar-refractivity contribution in [1.82, 2.24) is 14.7 Å². The van der Waals surface area contributed by atoms with Crippen LogP contribution in [0, 0.1) is 0 Å². The minimum Gasteiger partial charge on any atom is -0.355 e. The van der Waals surface area contributed by atoms with Gasteiger partial charge < -0.3 is 5.32 Å². The smallest absolute Gasteiger partial charge is 0.225 e. The van der Waals surface area contributed by atoms with Crippen LogP contribution in [0.5, 0.6) is 0 Å². The van der Waals surface area contributed by atoms with Gasteiger partial charge in [-0.15, -0.1) is 11.3 Å². The van der Waals surface area contributed by atoms with Crippen LogP contribution in [0.2, 0.25) is 0 Å². The highest BCUT2D eigenvalue weighted by Gasteiger charge is 2.12. The fourth-order valence-electron chi connectivity index (χ4n) is 3.22. The number of aromatic nitrogens is 2. The van der Waals surface area contributed by atoms with Gasteiger partial charge in [0.2, 0.25) is 5.91 Å². The Morgan fingerprint density at radius 2 is 1.86 bits per heavy atom. The molecule has 4 aromatic rings. The number of benzene rings is 2. The number of nitrogens with zero attached hydrogens (tertiary/aromatic N) is 2. The van der Waals surface area contributed by atoms with Crippen LogP contribution in [0.4, 0.5) is 0 Å². The highest BCUT2D eigenvalue weighted by molar-refractivity contribution is 7.15. The number of carbonyl (C=O) groups excluding carboxylic acids is 1. The first-order valence-electron chi connectivity index (χ1n) is 9.58. The maximum Gasteiger partial charge on any atom is 0.225 e. The molecule has 0 saturated heterocycles. The molecular formula is C23H23N3OS. The van der Waals surface area contributed by atoms with Gasteiger partial charge in [0.05, 0.1) is 12.1 Å². The lowest BCUT2D eigenvalue weighted by Crippen LogP contribution is -2.27. The van der Waals surface area contributed by atoms with E-state index < -0.39 is 0 Å². The van der Waals surface area contributed by atoms with Gasteiger partial charge in [0, 0.05) is 29.4 Å². The number of amides is 1. The van der Waals surface area contributed by atoms with E-state index in [-0.39, 0.29) is 5.91 Å². The summed E-state index contributed by atoms with van der Waals surface area (Å²) in [5, 5.41) is 5.03. The van der Waals surface area contributed by atoms with Crippen molar-refractivity contribution >= 4 is 22.2 Å². The van der Waals surface area contributed by atoms with Gasteiger partial charge in [0.25, 0.3) is 0 Å². The molecule has 0 bridgehead atoms. The van der Waals surface area contributed by atoms with E-state index in [1.807, 2.05) is 34.2 Å². The molecule has 1 amide bonds. The third kappa shape index (κ3) is 4.15. The summed E-state index contributed by atoms with van der Waals surface area (Å²) in [6.07, 6.45) is 4.26. The molecule has 0 aliphatic carbocycles. The Balaban J connectivity index is 1.41. The molecule has 28 heavy (non-hydrogen) atoms. The van der Waals surface area contributed by atoms with Crippen molar-refractivity contribution in [3.8, 4) is 11.3 Å². The van der Waals surface area contributed by atoms with Crippen LogP contribution in [-0.2, 0) is 24.1 Å². The van der Waals surface area contributed by atoms with E-state index in [0.717, 1.165) is 34.8 Å². The van der Waals surface area contributed by atoms with Crippen LogP contribution in [0.25, 0.3) is 16.2 Å². The van der Waals surface area contributed by atoms with E-state index >= 15 is 0 Å². The lowest BCUT2D eigenvalue weighted by Gasteiger charge is -2.05. The fraction of sp³-hybridized carbons (Fsp3) is 0.217. The summed E-state index contributed by atoms with van der Waals surface area (Å²) in [4.78, 5) is 18.0. The van der Waals surface area contributed by atoms with Crippen LogP contribution in [0.15, 0.2) is 66.2 Å². The maximum absolute atomic E-state index is 12.4. The minimum atomic E-state index is 0.0400. The topological polar surface area (TPSA) is 46.4 Å². The Kier molecular flexibility index (Phi) is 5.53. The summed E-state index contributed by atoms with van der Waals surface area (Å²) in [5.41, 5.74) is 5.57. The van der Waals surface area contributed by atoms with E-state index in [1.54, 1.807) is 11.3 Å². The molecule has 0 atom stereocenters. The number of thiazole rings is 1. The van der Waals surface area contributed by atoms with Crippen LogP contribution < -0.4 is 5.32 Å². The second kappa shape index (κ2) is 8.40. The number of rotatable bonds is 7. The Morgan fingerprint density at radius 1 is 1.07 bits per heavy atom. The molecular weight excluding hydrogens is 366 g/mol. The minimum absolute atomic E-state index is 0.0400. The van der Waals surface area contributed by atoms with Gasteiger partial charge >= 0.3 is 0 Å². The number of nitrogens with one attached hydrogen (secondary N) is 1. The molecule has 0 radical (unpaired) electrons. The fourth-order valence-corrected chi connectivity index (χ4v) is 4.10. The third-order valence-electron chi connectivity index (χ3n) is 4.86. The van der Waals surface area contributed by atoms with Crippen molar-refractivity contribution in [3.63, 3.8) is 0 Å². The van der Waals surface area contributed by atoms with E-state index in [4.69, 9.17) is 4.98 Å². The highest BCUT2D eigenvalue weighted by atomic mass is 32.1. The Hall–Kier alpha value is -2.92. The standard InChI is InChI=1S/C23H23N3OS/c1-2-17-8-10-19(11-9-17)21-15-26-20(16-28-23(26)25-21)14-22(27)24-13-12-18-6-4-3-5-7-18/h3-11,15-16H,2,12-14H2,1H3,(H,24,27). The van der Waals surface area contributed by atoms with Crippen LogP contribution in [-0.4, -0.2) is 21.8 Å². The second-order valence-corrected chi connectivity index (χ2v) is 7.66. The lowest BCUT2D eigenvalue weighted by atomic mass is 10.1. The number of fused-ring (bicyclic) bond motifs is 1. The average molecular weight is 390 g/mol. The molecule has 4 nitrogen and oxygen atoms in total. The molecule has 0 aliphatic rings. The first-order chi connectivity index (χ1) is 13.7. The highest BCUT2D eigenvalue weighted by Crippen LogP contribution is 2.24. The predicted molar refractivity (Wildman–Crippen MR) is 115 cm³/mol. The summed E-state index contributed by atoms with van der Waals surface area (Å²) >= 11 is 1.57. The molecule has 142 valence electrons. The zero-order chi connectivity index (χ0) is 19.3. The van der Waals surface area contributed by atoms with Crippen molar-refractivity contribution in [3.05, 3.63) is 83.0 Å². The average Bonchev–Trinajstić information content (AvgIpc) is 3.31. The predicted octanol–water partition coefficient (Wildman–Crippen LogP) is 4.53. The van der Waals surface area contributed by atoms with Gasteiger partial charge in [0.1, 0.15) is 0 Å². The first kappa shape index (κ1) is 18.4. The molecule has 2 aromatic heterocycles. The molecule has 2 aromatic carbocycles. The second-order valence-electron chi connectivity index (χ2n) is 6.82. The first-order valence-corrected chi connectivity index (χ1v) is 10.5. The summed E-state index contributed by atoms with van der Waals surface area (Å²) in [5.74, 6) is 0.0400. The largest absolute Gasteiger partial charge is 0.355 e. The van der Waals surface area contributed by atoms with E-state index in [9.17, 15) is 4.79 Å². The number of aryl methyl sites for hydroxylation is 1. The van der Waals surface area contributed by atoms with Gasteiger partial charge in [0.15, 0.2) is 4.96 Å². The van der Waals surface area contributed by atoms with Crippen LogP contribution in [0.1, 0.15) is 23.7 Å². The van der Waals surface area contributed by atoms with Gasteiger partial charge in [-0.25, -0.2) is 4.98 Å². The number of carbonyl (C=O) groups is 1. The normalized spacial score (nSPS) is 11.0. The summed E-state index contributed by atoms with van der Waals surface area (Å²) < 4.78 is 2.03. The number of hydrogen-bond acceptors (Lipinski definition) is 3. The van der Waals surface area contributed by atoms with E-state index in [2.05, 4.69) is 48.6 Å². The third-order valence-corrected chi connectivity index (χ3v) is 5.75. The molecule has 0 saturated carbocycles. The molecule has 4 rings (SSSR count). The van der Waals surface area contributed by atoms with Gasteiger partial charge in [-0.1, -0.05) is 61.5 Å². The van der Waals surface area contributed by atoms with Crippen LogP contribution in [0.3, 0.4) is 0 Å². The van der Waals surface area contributed by atoms with E-state index in [0.29, 0.717) is 13.0 Å².